The summed E-state index contributed by atoms with van der Waals surface area (Å²) in [6.45, 7) is 12.5. The quantitative estimate of drug-likeness (QED) is 0.132. The van der Waals surface area contributed by atoms with Crippen LogP contribution < -0.4 is 5.32 Å². The van der Waals surface area contributed by atoms with Crippen LogP contribution in [0.2, 0.25) is 0 Å². The lowest BCUT2D eigenvalue weighted by Gasteiger charge is -2.58. The van der Waals surface area contributed by atoms with Crippen LogP contribution >= 0.6 is 7.82 Å². The van der Waals surface area contributed by atoms with Gasteiger partial charge in [0.15, 0.2) is 0 Å². The molecule has 0 aromatic heterocycles. The molecule has 4 aliphatic carbocycles. The van der Waals surface area contributed by atoms with Crippen LogP contribution in [0.25, 0.3) is 0 Å². The van der Waals surface area contributed by atoms with Gasteiger partial charge in [0.25, 0.3) is 0 Å². The topological polar surface area (TPSA) is 114 Å². The number of amides is 1. The number of ether oxygens (including phenoxy) is 1. The minimum Gasteiger partial charge on any atom is -0.446 e. The molecule has 0 heterocycles. The van der Waals surface area contributed by atoms with Gasteiger partial charge in [-0.15, -0.1) is 0 Å². The van der Waals surface area contributed by atoms with Gasteiger partial charge >= 0.3 is 13.9 Å². The molecule has 0 spiro atoms. The molecule has 3 fully saturated rings. The average Bonchev–Trinajstić information content (AvgIpc) is 3.30. The van der Waals surface area contributed by atoms with Crippen molar-refractivity contribution in [2.45, 2.75) is 130 Å². The molecule has 4 rings (SSSR count). The summed E-state index contributed by atoms with van der Waals surface area (Å²) in [5, 5.41) is 12.8. The predicted molar refractivity (Wildman–Crippen MR) is 169 cm³/mol. The monoisotopic (exact) mass is 625 g/mol. The minimum absolute atomic E-state index is 0.108. The Labute approximate surface area is 260 Å². The summed E-state index contributed by atoms with van der Waals surface area (Å²) >= 11 is 0. The van der Waals surface area contributed by atoms with E-state index in [9.17, 15) is 19.4 Å². The van der Waals surface area contributed by atoms with Crippen LogP contribution in [0.4, 0.5) is 4.79 Å². The molecule has 8 unspecified atom stereocenters. The van der Waals surface area contributed by atoms with E-state index < -0.39 is 20.0 Å². The molecule has 9 heteroatoms. The van der Waals surface area contributed by atoms with Crippen LogP contribution in [-0.2, 0) is 18.3 Å². The average molecular weight is 626 g/mol. The van der Waals surface area contributed by atoms with E-state index in [0.29, 0.717) is 11.8 Å². The Balaban J connectivity index is 1.25. The van der Waals surface area contributed by atoms with E-state index in [4.69, 9.17) is 9.26 Å². The molecule has 0 aromatic rings. The van der Waals surface area contributed by atoms with Crippen molar-refractivity contribution in [2.24, 2.45) is 46.3 Å². The van der Waals surface area contributed by atoms with Crippen LogP contribution in [0.1, 0.15) is 118 Å². The Morgan fingerprint density at radius 2 is 1.84 bits per heavy atom. The highest BCUT2D eigenvalue weighted by molar-refractivity contribution is 7.47. The van der Waals surface area contributed by atoms with Crippen LogP contribution in [0.15, 0.2) is 11.6 Å². The number of alkyl carbamates (subject to hydrolysis) is 1. The van der Waals surface area contributed by atoms with Crippen molar-refractivity contribution in [3.05, 3.63) is 11.6 Å². The van der Waals surface area contributed by atoms with E-state index in [1.165, 1.54) is 56.9 Å². The molecule has 248 valence electrons. The summed E-state index contributed by atoms with van der Waals surface area (Å²) < 4.78 is 26.2. The Kier molecular flexibility index (Phi) is 11.9. The third kappa shape index (κ3) is 8.27. The molecule has 0 radical (unpaired) electrons. The largest absolute Gasteiger partial charge is 0.471 e. The number of fused-ring (bicyclic) bond motifs is 5. The van der Waals surface area contributed by atoms with Gasteiger partial charge in [-0.05, 0) is 104 Å². The maximum atomic E-state index is 12.5. The van der Waals surface area contributed by atoms with E-state index in [-0.39, 0.29) is 31.1 Å². The number of carbonyl (C=O) groups excluding carboxylic acids is 1. The highest BCUT2D eigenvalue weighted by Gasteiger charge is 2.59. The SMILES string of the molecule is COP(=O)(O)OCCC(O)CCNC(=O)OC1CCC2(C)C(=CCC3C2CCC2(C)C3CC[C@@H]2[C@@H](C)CCCC(C)C)C1. The second-order valence-corrected chi connectivity index (χ2v) is 16.8. The first-order valence-corrected chi connectivity index (χ1v) is 18.6. The first-order valence-electron chi connectivity index (χ1n) is 17.1. The fourth-order valence-corrected chi connectivity index (χ4v) is 10.2. The molecule has 1 amide bonds. The Morgan fingerprint density at radius 1 is 1.07 bits per heavy atom. The van der Waals surface area contributed by atoms with Crippen LogP contribution in [0.5, 0.6) is 0 Å². The lowest BCUT2D eigenvalue weighted by Crippen LogP contribution is -2.51. The first kappa shape index (κ1) is 34.9. The summed E-state index contributed by atoms with van der Waals surface area (Å²) in [4.78, 5) is 21.8. The first-order chi connectivity index (χ1) is 20.3. The number of hydrogen-bond donors (Lipinski definition) is 3. The van der Waals surface area contributed by atoms with E-state index >= 15 is 0 Å². The van der Waals surface area contributed by atoms with Crippen molar-refractivity contribution >= 4 is 13.9 Å². The summed E-state index contributed by atoms with van der Waals surface area (Å²) in [5.41, 5.74) is 2.21. The molecule has 8 nitrogen and oxygen atoms in total. The number of phosphoric acid groups is 1. The fraction of sp³-hybridized carbons (Fsp3) is 0.912. The minimum atomic E-state index is -4.04. The van der Waals surface area contributed by atoms with Crippen molar-refractivity contribution in [1.82, 2.24) is 5.32 Å². The number of hydrogen-bond acceptors (Lipinski definition) is 6. The standard InChI is InChI=1S/C34H60NO7P/c1-23(2)8-7-9-24(3)29-12-13-30-28-11-10-25-22-27(14-18-33(25,4)31(28)15-19-34(29,30)5)42-32(37)35-20-16-26(36)17-21-41-43(38,39)40-6/h10,23-24,26-31,36H,7-9,11-22H2,1-6H3,(H,35,37)(H,38,39)/t24-,26?,27?,28?,29+,30?,31?,33?,34?/m0/s1. The van der Waals surface area contributed by atoms with Crippen molar-refractivity contribution in [1.29, 1.82) is 0 Å². The van der Waals surface area contributed by atoms with Crippen LogP contribution in [-0.4, -0.2) is 48.6 Å². The van der Waals surface area contributed by atoms with Gasteiger partial charge in [-0.2, -0.15) is 0 Å². The molecule has 0 aliphatic heterocycles. The number of carbonyl (C=O) groups is 1. The fourth-order valence-electron chi connectivity index (χ4n) is 9.79. The van der Waals surface area contributed by atoms with Crippen molar-refractivity contribution in [2.75, 3.05) is 20.3 Å². The molecule has 3 N–H and O–H groups in total. The summed E-state index contributed by atoms with van der Waals surface area (Å²) in [7, 11) is -2.95. The van der Waals surface area contributed by atoms with Gasteiger partial charge in [0.2, 0.25) is 0 Å². The molecule has 3 saturated carbocycles. The zero-order valence-corrected chi connectivity index (χ0v) is 28.6. The summed E-state index contributed by atoms with van der Waals surface area (Å²) in [5.74, 6) is 4.87. The van der Waals surface area contributed by atoms with Gasteiger partial charge in [-0.25, -0.2) is 9.36 Å². The Hall–Kier alpha value is -0.920. The number of rotatable bonds is 14. The second kappa shape index (κ2) is 14.7. The smallest absolute Gasteiger partial charge is 0.446 e. The maximum Gasteiger partial charge on any atom is 0.471 e. The van der Waals surface area contributed by atoms with E-state index in [0.717, 1.165) is 61.9 Å². The Bertz CT molecular complexity index is 1020. The Morgan fingerprint density at radius 3 is 2.56 bits per heavy atom. The van der Waals surface area contributed by atoms with Gasteiger partial charge in [-0.1, -0.05) is 65.5 Å². The molecule has 10 atom stereocenters. The molecular formula is C34H60NO7P. The highest BCUT2D eigenvalue weighted by atomic mass is 31.2. The van der Waals surface area contributed by atoms with Gasteiger partial charge in [0.1, 0.15) is 6.10 Å². The van der Waals surface area contributed by atoms with Gasteiger partial charge in [-0.3, -0.25) is 9.05 Å². The van der Waals surface area contributed by atoms with Gasteiger partial charge < -0.3 is 20.1 Å². The second-order valence-electron chi connectivity index (χ2n) is 15.2. The zero-order valence-electron chi connectivity index (χ0n) is 27.7. The van der Waals surface area contributed by atoms with Crippen LogP contribution in [0, 0.1) is 46.3 Å². The highest BCUT2D eigenvalue weighted by Crippen LogP contribution is 2.67. The predicted octanol–water partition coefficient (Wildman–Crippen LogP) is 8.03. The van der Waals surface area contributed by atoms with Gasteiger partial charge in [0, 0.05) is 20.1 Å². The van der Waals surface area contributed by atoms with Crippen LogP contribution in [0.3, 0.4) is 0 Å². The van der Waals surface area contributed by atoms with E-state index in [1.807, 2.05) is 0 Å². The van der Waals surface area contributed by atoms with E-state index in [1.54, 1.807) is 0 Å². The number of phosphoric ester groups is 1. The molecular weight excluding hydrogens is 565 g/mol. The number of aliphatic hydroxyl groups excluding tert-OH is 1. The summed E-state index contributed by atoms with van der Waals surface area (Å²) in [6.07, 6.45) is 15.3. The molecule has 4 aliphatic rings. The van der Waals surface area contributed by atoms with Crippen molar-refractivity contribution in [3.8, 4) is 0 Å². The zero-order chi connectivity index (χ0) is 31.4. The van der Waals surface area contributed by atoms with E-state index in [2.05, 4.69) is 50.5 Å². The molecule has 43 heavy (non-hydrogen) atoms. The lowest BCUT2D eigenvalue weighted by molar-refractivity contribution is -0.0581. The third-order valence-electron chi connectivity index (χ3n) is 12.2. The number of allylic oxidation sites excluding steroid dienone is 1. The number of aliphatic hydroxyl groups is 1. The molecule has 0 aromatic carbocycles. The third-order valence-corrected chi connectivity index (χ3v) is 13.2. The van der Waals surface area contributed by atoms with Crippen molar-refractivity contribution < 1.29 is 33.1 Å². The molecule has 0 saturated heterocycles. The maximum absolute atomic E-state index is 12.5. The van der Waals surface area contributed by atoms with Gasteiger partial charge in [0.05, 0.1) is 12.7 Å². The molecule has 0 bridgehead atoms. The normalized spacial score (nSPS) is 36.5. The lowest BCUT2D eigenvalue weighted by atomic mass is 9.47. The van der Waals surface area contributed by atoms with Crippen molar-refractivity contribution in [3.63, 3.8) is 0 Å². The summed E-state index contributed by atoms with van der Waals surface area (Å²) in [6, 6.07) is 0. The number of nitrogens with one attached hydrogen (secondary N) is 1.